The lowest BCUT2D eigenvalue weighted by atomic mass is 9.99. The molecule has 1 unspecified atom stereocenters. The minimum atomic E-state index is 0.0612. The van der Waals surface area contributed by atoms with Gasteiger partial charge in [0, 0.05) is 25.1 Å². The fourth-order valence-corrected chi connectivity index (χ4v) is 3.25. The predicted octanol–water partition coefficient (Wildman–Crippen LogP) is 3.44. The van der Waals surface area contributed by atoms with E-state index in [-0.39, 0.29) is 12.7 Å². The number of carbonyl (C=O) groups excluding carboxylic acids is 1. The van der Waals surface area contributed by atoms with Crippen LogP contribution in [0.1, 0.15) is 23.5 Å². The van der Waals surface area contributed by atoms with Crippen molar-refractivity contribution in [1.82, 2.24) is 4.90 Å². The Morgan fingerprint density at radius 3 is 2.79 bits per heavy atom. The second-order valence-electron chi connectivity index (χ2n) is 6.13. The number of carbonyl (C=O) groups is 1. The zero-order valence-electron chi connectivity index (χ0n) is 13.4. The average Bonchev–Trinajstić information content (AvgIpc) is 3.29. The van der Waals surface area contributed by atoms with Crippen molar-refractivity contribution in [3.8, 4) is 11.5 Å². The first kappa shape index (κ1) is 14.8. The van der Waals surface area contributed by atoms with Crippen LogP contribution in [0.5, 0.6) is 11.5 Å². The lowest BCUT2D eigenvalue weighted by molar-refractivity contribution is -0.124. The Kier molecular flexibility index (Phi) is 3.95. The first-order chi connectivity index (χ1) is 11.8. The van der Waals surface area contributed by atoms with Gasteiger partial charge in [0.25, 0.3) is 0 Å². The van der Waals surface area contributed by atoms with Crippen molar-refractivity contribution in [1.29, 1.82) is 0 Å². The predicted molar refractivity (Wildman–Crippen MR) is 92.0 cm³/mol. The molecular formula is C20H19NO3. The number of ether oxygens (including phenoxy) is 2. The number of amides is 1. The van der Waals surface area contributed by atoms with Crippen molar-refractivity contribution in [2.24, 2.45) is 0 Å². The molecule has 2 heterocycles. The highest BCUT2D eigenvalue weighted by Crippen LogP contribution is 2.33. The Balaban J connectivity index is 1.40. The van der Waals surface area contributed by atoms with Gasteiger partial charge in [-0.05, 0) is 35.8 Å². The smallest absolute Gasteiger partial charge is 0.246 e. The second kappa shape index (κ2) is 6.40. The summed E-state index contributed by atoms with van der Waals surface area (Å²) in [5, 5.41) is 0. The maximum atomic E-state index is 12.4. The maximum absolute atomic E-state index is 12.4. The van der Waals surface area contributed by atoms with Gasteiger partial charge in [-0.25, -0.2) is 0 Å². The highest BCUT2D eigenvalue weighted by molar-refractivity contribution is 5.92. The van der Waals surface area contributed by atoms with Gasteiger partial charge in [-0.1, -0.05) is 36.4 Å². The van der Waals surface area contributed by atoms with E-state index in [9.17, 15) is 4.79 Å². The lowest BCUT2D eigenvalue weighted by Gasteiger charge is -2.14. The first-order valence-electron chi connectivity index (χ1n) is 8.21. The SMILES string of the molecule is O=C(/C=C/c1ccc2c(c1)OCO2)N1CCC(c2ccccc2)C1. The molecule has 4 heteroatoms. The zero-order valence-corrected chi connectivity index (χ0v) is 13.4. The van der Waals surface area contributed by atoms with Crippen molar-refractivity contribution in [2.45, 2.75) is 12.3 Å². The molecule has 0 spiro atoms. The van der Waals surface area contributed by atoms with Crippen LogP contribution < -0.4 is 9.47 Å². The van der Waals surface area contributed by atoms with Crippen LogP contribution in [-0.4, -0.2) is 30.7 Å². The summed E-state index contributed by atoms with van der Waals surface area (Å²) < 4.78 is 10.6. The summed E-state index contributed by atoms with van der Waals surface area (Å²) in [5.41, 5.74) is 2.25. The number of nitrogens with zero attached hydrogens (tertiary/aromatic N) is 1. The summed E-state index contributed by atoms with van der Waals surface area (Å²) in [4.78, 5) is 14.3. The van der Waals surface area contributed by atoms with Crippen LogP contribution in [0.2, 0.25) is 0 Å². The average molecular weight is 321 g/mol. The molecule has 0 saturated carbocycles. The molecular weight excluding hydrogens is 302 g/mol. The van der Waals surface area contributed by atoms with Gasteiger partial charge in [0.05, 0.1) is 0 Å². The molecule has 2 aromatic carbocycles. The molecule has 4 rings (SSSR count). The summed E-state index contributed by atoms with van der Waals surface area (Å²) in [7, 11) is 0. The Bertz CT molecular complexity index is 770. The van der Waals surface area contributed by atoms with Crippen molar-refractivity contribution in [3.05, 3.63) is 65.7 Å². The molecule has 1 fully saturated rings. The third-order valence-corrected chi connectivity index (χ3v) is 4.59. The third kappa shape index (κ3) is 3.00. The monoisotopic (exact) mass is 321 g/mol. The summed E-state index contributed by atoms with van der Waals surface area (Å²) in [6.45, 7) is 1.86. The molecule has 24 heavy (non-hydrogen) atoms. The second-order valence-corrected chi connectivity index (χ2v) is 6.13. The van der Waals surface area contributed by atoms with E-state index >= 15 is 0 Å². The number of likely N-dealkylation sites (tertiary alicyclic amines) is 1. The van der Waals surface area contributed by atoms with Crippen molar-refractivity contribution >= 4 is 12.0 Å². The molecule has 0 aliphatic carbocycles. The van der Waals surface area contributed by atoms with Crippen LogP contribution in [-0.2, 0) is 4.79 Å². The van der Waals surface area contributed by atoms with E-state index in [1.54, 1.807) is 6.08 Å². The fraction of sp³-hybridized carbons (Fsp3) is 0.250. The van der Waals surface area contributed by atoms with Gasteiger partial charge < -0.3 is 14.4 Å². The van der Waals surface area contributed by atoms with Crippen LogP contribution >= 0.6 is 0 Å². The quantitative estimate of drug-likeness (QED) is 0.813. The van der Waals surface area contributed by atoms with Crippen molar-refractivity contribution in [3.63, 3.8) is 0 Å². The Morgan fingerprint density at radius 1 is 1.08 bits per heavy atom. The molecule has 2 aromatic rings. The molecule has 122 valence electrons. The zero-order chi connectivity index (χ0) is 16.4. The van der Waals surface area contributed by atoms with Gasteiger partial charge in [0.1, 0.15) is 0 Å². The summed E-state index contributed by atoms with van der Waals surface area (Å²) in [6.07, 6.45) is 4.50. The van der Waals surface area contributed by atoms with Gasteiger partial charge >= 0.3 is 0 Å². The molecule has 0 N–H and O–H groups in total. The maximum Gasteiger partial charge on any atom is 0.246 e. The molecule has 1 saturated heterocycles. The summed E-state index contributed by atoms with van der Waals surface area (Å²) in [6, 6.07) is 16.1. The van der Waals surface area contributed by atoms with Gasteiger partial charge in [0.2, 0.25) is 12.7 Å². The molecule has 0 bridgehead atoms. The lowest BCUT2D eigenvalue weighted by Crippen LogP contribution is -2.26. The van der Waals surface area contributed by atoms with Gasteiger partial charge in [-0.15, -0.1) is 0 Å². The number of rotatable bonds is 3. The molecule has 1 amide bonds. The molecule has 0 radical (unpaired) electrons. The van der Waals surface area contributed by atoms with Crippen LogP contribution in [0.3, 0.4) is 0 Å². The Hall–Kier alpha value is -2.75. The van der Waals surface area contributed by atoms with Gasteiger partial charge in [0.15, 0.2) is 11.5 Å². The highest BCUT2D eigenvalue weighted by Gasteiger charge is 2.25. The number of fused-ring (bicyclic) bond motifs is 1. The molecule has 4 nitrogen and oxygen atoms in total. The minimum absolute atomic E-state index is 0.0612. The largest absolute Gasteiger partial charge is 0.454 e. The summed E-state index contributed by atoms with van der Waals surface area (Å²) >= 11 is 0. The molecule has 1 atom stereocenters. The van der Waals surface area contributed by atoms with E-state index in [1.165, 1.54) is 5.56 Å². The molecule has 2 aliphatic heterocycles. The number of hydrogen-bond donors (Lipinski definition) is 0. The molecule has 0 aromatic heterocycles. The van der Waals surface area contributed by atoms with Crippen LogP contribution in [0.4, 0.5) is 0 Å². The van der Waals surface area contributed by atoms with Crippen molar-refractivity contribution < 1.29 is 14.3 Å². The normalized spacial score (nSPS) is 19.2. The van der Waals surface area contributed by atoms with E-state index in [0.29, 0.717) is 5.92 Å². The first-order valence-corrected chi connectivity index (χ1v) is 8.21. The van der Waals surface area contributed by atoms with Gasteiger partial charge in [-0.2, -0.15) is 0 Å². The van der Waals surface area contributed by atoms with Crippen LogP contribution in [0, 0.1) is 0 Å². The Morgan fingerprint density at radius 2 is 1.92 bits per heavy atom. The number of hydrogen-bond acceptors (Lipinski definition) is 3. The van der Waals surface area contributed by atoms with Crippen LogP contribution in [0.25, 0.3) is 6.08 Å². The topological polar surface area (TPSA) is 38.8 Å². The van der Waals surface area contributed by atoms with E-state index in [4.69, 9.17) is 9.47 Å². The van der Waals surface area contributed by atoms with E-state index < -0.39 is 0 Å². The Labute approximate surface area is 141 Å². The van der Waals surface area contributed by atoms with E-state index in [1.807, 2.05) is 35.2 Å². The van der Waals surface area contributed by atoms with Crippen molar-refractivity contribution in [2.75, 3.05) is 19.9 Å². The van der Waals surface area contributed by atoms with Crippen LogP contribution in [0.15, 0.2) is 54.6 Å². The fourth-order valence-electron chi connectivity index (χ4n) is 3.25. The third-order valence-electron chi connectivity index (χ3n) is 4.59. The summed E-state index contributed by atoms with van der Waals surface area (Å²) in [5.74, 6) is 1.99. The van der Waals surface area contributed by atoms with E-state index in [0.717, 1.165) is 36.6 Å². The number of benzene rings is 2. The standard InChI is InChI=1S/C20H19NO3/c22-20(9-7-15-6-8-18-19(12-15)24-14-23-18)21-11-10-17(13-21)16-4-2-1-3-5-16/h1-9,12,17H,10-11,13-14H2/b9-7+. The highest BCUT2D eigenvalue weighted by atomic mass is 16.7. The minimum Gasteiger partial charge on any atom is -0.454 e. The molecule has 2 aliphatic rings. The van der Waals surface area contributed by atoms with E-state index in [2.05, 4.69) is 24.3 Å². The van der Waals surface area contributed by atoms with Gasteiger partial charge in [-0.3, -0.25) is 4.79 Å².